The highest BCUT2D eigenvalue weighted by Crippen LogP contribution is 2.39. The SMILES string of the molecule is Cc1ccccc1C(=O)N1[C@@H](C(=O)NCc2ccncc2)COC12CCN(C(=O)c1ccco1)CC2. The fraction of sp³-hybridized carbons (Fsp3) is 0.333. The third-order valence-electron chi connectivity index (χ3n) is 6.94. The van der Waals surface area contributed by atoms with Crippen LogP contribution in [0.4, 0.5) is 0 Å². The molecule has 3 aromatic rings. The third-order valence-corrected chi connectivity index (χ3v) is 6.94. The maximum atomic E-state index is 13.9. The van der Waals surface area contributed by atoms with Crippen molar-refractivity contribution in [2.75, 3.05) is 19.7 Å². The zero-order valence-electron chi connectivity index (χ0n) is 20.1. The first kappa shape index (κ1) is 23.7. The summed E-state index contributed by atoms with van der Waals surface area (Å²) in [5, 5.41) is 2.94. The van der Waals surface area contributed by atoms with Crippen molar-refractivity contribution in [3.05, 3.63) is 89.6 Å². The Morgan fingerprint density at radius 1 is 1.03 bits per heavy atom. The van der Waals surface area contributed by atoms with Crippen LogP contribution in [-0.2, 0) is 16.1 Å². The number of hydrogen-bond acceptors (Lipinski definition) is 6. The Labute approximate surface area is 209 Å². The van der Waals surface area contributed by atoms with Crippen LogP contribution in [0.3, 0.4) is 0 Å². The van der Waals surface area contributed by atoms with Crippen LogP contribution in [0.5, 0.6) is 0 Å². The van der Waals surface area contributed by atoms with Crippen LogP contribution in [-0.4, -0.2) is 64.0 Å². The second-order valence-corrected chi connectivity index (χ2v) is 9.11. The molecule has 3 amide bonds. The molecule has 2 fully saturated rings. The van der Waals surface area contributed by atoms with Gasteiger partial charge in [-0.3, -0.25) is 24.3 Å². The number of aryl methyl sites for hydroxylation is 1. The van der Waals surface area contributed by atoms with Gasteiger partial charge in [0.25, 0.3) is 11.8 Å². The molecule has 186 valence electrons. The normalized spacial score (nSPS) is 18.9. The standard InChI is InChI=1S/C27H28N4O5/c1-19-5-2-3-6-21(19)25(33)31-22(24(32)29-17-20-8-12-28-13-9-20)18-36-27(31)10-14-30(15-11-27)26(34)23-7-4-16-35-23/h2-9,12-13,16,22H,10-11,14-15,17-18H2,1H3,(H,29,32)/t22-/m1/s1. The molecule has 2 aliphatic rings. The quantitative estimate of drug-likeness (QED) is 0.592. The molecule has 4 heterocycles. The second-order valence-electron chi connectivity index (χ2n) is 9.11. The first-order chi connectivity index (χ1) is 17.5. The number of ether oxygens (including phenoxy) is 1. The lowest BCUT2D eigenvalue weighted by atomic mass is 9.95. The fourth-order valence-electron chi connectivity index (χ4n) is 4.93. The fourth-order valence-corrected chi connectivity index (χ4v) is 4.93. The summed E-state index contributed by atoms with van der Waals surface area (Å²) in [6, 6.07) is 13.5. The summed E-state index contributed by atoms with van der Waals surface area (Å²) in [5.41, 5.74) is 1.29. The summed E-state index contributed by atoms with van der Waals surface area (Å²) in [5.74, 6) is -0.448. The van der Waals surface area contributed by atoms with Crippen molar-refractivity contribution in [1.29, 1.82) is 0 Å². The van der Waals surface area contributed by atoms with Crippen molar-refractivity contribution >= 4 is 17.7 Å². The Morgan fingerprint density at radius 2 is 1.78 bits per heavy atom. The minimum absolute atomic E-state index is 0.0892. The summed E-state index contributed by atoms with van der Waals surface area (Å²) in [6.07, 6.45) is 5.59. The van der Waals surface area contributed by atoms with Crippen LogP contribution in [0.25, 0.3) is 0 Å². The second kappa shape index (κ2) is 9.94. The van der Waals surface area contributed by atoms with E-state index in [2.05, 4.69) is 10.3 Å². The van der Waals surface area contributed by atoms with Gasteiger partial charge in [-0.05, 0) is 48.4 Å². The van der Waals surface area contributed by atoms with E-state index in [1.807, 2.05) is 37.3 Å². The molecule has 0 saturated carbocycles. The van der Waals surface area contributed by atoms with Gasteiger partial charge in [-0.25, -0.2) is 0 Å². The van der Waals surface area contributed by atoms with Gasteiger partial charge in [-0.15, -0.1) is 0 Å². The van der Waals surface area contributed by atoms with E-state index in [1.54, 1.807) is 40.4 Å². The number of piperidine rings is 1. The molecule has 0 bridgehead atoms. The molecule has 2 saturated heterocycles. The maximum Gasteiger partial charge on any atom is 0.289 e. The van der Waals surface area contributed by atoms with E-state index in [1.165, 1.54) is 6.26 Å². The molecule has 0 radical (unpaired) electrons. The lowest BCUT2D eigenvalue weighted by molar-refractivity contribution is -0.128. The summed E-state index contributed by atoms with van der Waals surface area (Å²) < 4.78 is 11.5. The molecule has 9 nitrogen and oxygen atoms in total. The van der Waals surface area contributed by atoms with Gasteiger partial charge >= 0.3 is 0 Å². The van der Waals surface area contributed by atoms with Crippen molar-refractivity contribution in [3.63, 3.8) is 0 Å². The predicted octanol–water partition coefficient (Wildman–Crippen LogP) is 2.77. The van der Waals surface area contributed by atoms with Crippen molar-refractivity contribution in [1.82, 2.24) is 20.1 Å². The number of nitrogens with one attached hydrogen (secondary N) is 1. The number of benzene rings is 1. The van der Waals surface area contributed by atoms with Crippen LogP contribution >= 0.6 is 0 Å². The zero-order chi connectivity index (χ0) is 25.1. The summed E-state index contributed by atoms with van der Waals surface area (Å²) in [7, 11) is 0. The van der Waals surface area contributed by atoms with Gasteiger partial charge in [0.2, 0.25) is 5.91 Å². The number of furan rings is 1. The number of nitrogens with zero attached hydrogens (tertiary/aromatic N) is 3. The van der Waals surface area contributed by atoms with Gasteiger partial charge in [-0.1, -0.05) is 18.2 Å². The molecular formula is C27H28N4O5. The molecule has 2 aliphatic heterocycles. The van der Waals surface area contributed by atoms with Gasteiger partial charge in [-0.2, -0.15) is 0 Å². The summed E-state index contributed by atoms with van der Waals surface area (Å²) >= 11 is 0. The highest BCUT2D eigenvalue weighted by atomic mass is 16.5. The van der Waals surface area contributed by atoms with Crippen LogP contribution < -0.4 is 5.32 Å². The number of hydrogen-bond donors (Lipinski definition) is 1. The van der Waals surface area contributed by atoms with E-state index < -0.39 is 11.8 Å². The number of aromatic nitrogens is 1. The molecule has 1 N–H and O–H groups in total. The van der Waals surface area contributed by atoms with Gasteiger partial charge in [0, 0.05) is 50.4 Å². The Morgan fingerprint density at radius 3 is 2.47 bits per heavy atom. The van der Waals surface area contributed by atoms with Crippen molar-refractivity contribution in [3.8, 4) is 0 Å². The summed E-state index contributed by atoms with van der Waals surface area (Å²) in [6.45, 7) is 3.04. The van der Waals surface area contributed by atoms with E-state index in [0.29, 0.717) is 38.0 Å². The van der Waals surface area contributed by atoms with Crippen LogP contribution in [0, 0.1) is 6.92 Å². The Kier molecular flexibility index (Phi) is 6.56. The highest BCUT2D eigenvalue weighted by molar-refractivity contribution is 5.99. The minimum Gasteiger partial charge on any atom is -0.459 e. The van der Waals surface area contributed by atoms with Gasteiger partial charge in [0.15, 0.2) is 5.76 Å². The number of rotatable bonds is 5. The van der Waals surface area contributed by atoms with Crippen LogP contribution in [0.2, 0.25) is 0 Å². The maximum absolute atomic E-state index is 13.9. The van der Waals surface area contributed by atoms with Gasteiger partial charge in [0.05, 0.1) is 12.9 Å². The Hall–Kier alpha value is -3.98. The smallest absolute Gasteiger partial charge is 0.289 e. The first-order valence-corrected chi connectivity index (χ1v) is 12.0. The lowest BCUT2D eigenvalue weighted by Crippen LogP contribution is -2.59. The van der Waals surface area contributed by atoms with Gasteiger partial charge in [0.1, 0.15) is 11.8 Å². The number of amides is 3. The van der Waals surface area contributed by atoms with Gasteiger partial charge < -0.3 is 19.4 Å². The molecule has 36 heavy (non-hydrogen) atoms. The monoisotopic (exact) mass is 488 g/mol. The molecule has 0 unspecified atom stereocenters. The Bertz CT molecular complexity index is 1240. The number of likely N-dealkylation sites (tertiary alicyclic amines) is 1. The number of carbonyl (C=O) groups excluding carboxylic acids is 3. The lowest BCUT2D eigenvalue weighted by Gasteiger charge is -2.44. The topological polar surface area (TPSA) is 105 Å². The molecule has 9 heteroatoms. The molecule has 0 aliphatic carbocycles. The number of carbonyl (C=O) groups is 3. The van der Waals surface area contributed by atoms with E-state index in [9.17, 15) is 14.4 Å². The third kappa shape index (κ3) is 4.49. The van der Waals surface area contributed by atoms with E-state index in [-0.39, 0.29) is 30.1 Å². The van der Waals surface area contributed by atoms with Crippen LogP contribution in [0.1, 0.15) is 44.9 Å². The van der Waals surface area contributed by atoms with Crippen molar-refractivity contribution in [2.45, 2.75) is 38.1 Å². The number of pyridine rings is 1. The average molecular weight is 489 g/mol. The van der Waals surface area contributed by atoms with Crippen LogP contribution in [0.15, 0.2) is 71.6 Å². The van der Waals surface area contributed by atoms with E-state index >= 15 is 0 Å². The Balaban J connectivity index is 1.38. The zero-order valence-corrected chi connectivity index (χ0v) is 20.1. The van der Waals surface area contributed by atoms with Crippen molar-refractivity contribution in [2.24, 2.45) is 0 Å². The van der Waals surface area contributed by atoms with Crippen molar-refractivity contribution < 1.29 is 23.5 Å². The molecule has 1 atom stereocenters. The molecular weight excluding hydrogens is 460 g/mol. The molecule has 5 rings (SSSR count). The average Bonchev–Trinajstić information content (AvgIpc) is 3.57. The van der Waals surface area contributed by atoms with E-state index in [4.69, 9.17) is 9.15 Å². The van der Waals surface area contributed by atoms with E-state index in [0.717, 1.165) is 11.1 Å². The predicted molar refractivity (Wildman–Crippen MR) is 130 cm³/mol. The minimum atomic E-state index is -0.974. The first-order valence-electron chi connectivity index (χ1n) is 12.0. The highest BCUT2D eigenvalue weighted by Gasteiger charge is 2.54. The molecule has 1 spiro atoms. The molecule has 1 aromatic carbocycles. The largest absolute Gasteiger partial charge is 0.459 e. The summed E-state index contributed by atoms with van der Waals surface area (Å²) in [4.78, 5) is 47.3. The molecule has 2 aromatic heterocycles.